The predicted octanol–water partition coefficient (Wildman–Crippen LogP) is 5.31. The van der Waals surface area contributed by atoms with Crippen molar-refractivity contribution in [2.45, 2.75) is 26.3 Å². The Morgan fingerprint density at radius 1 is 1.24 bits per heavy atom. The number of nitrogens with one attached hydrogen (secondary N) is 1. The summed E-state index contributed by atoms with van der Waals surface area (Å²) in [4.78, 5) is 4.46. The summed E-state index contributed by atoms with van der Waals surface area (Å²) in [5, 5.41) is 4.48. The van der Waals surface area contributed by atoms with Gasteiger partial charge in [-0.15, -0.1) is 11.3 Å². The minimum atomic E-state index is -0.161. The molecular formula is C17H17FN2S. The van der Waals surface area contributed by atoms with Crippen molar-refractivity contribution in [3.8, 4) is 0 Å². The van der Waals surface area contributed by atoms with Gasteiger partial charge in [-0.25, -0.2) is 9.37 Å². The van der Waals surface area contributed by atoms with Gasteiger partial charge in [-0.05, 0) is 37.6 Å². The zero-order valence-corrected chi connectivity index (χ0v) is 12.9. The van der Waals surface area contributed by atoms with Crippen LogP contribution in [0.25, 0.3) is 10.2 Å². The van der Waals surface area contributed by atoms with Gasteiger partial charge in [0.1, 0.15) is 5.82 Å². The highest BCUT2D eigenvalue weighted by Crippen LogP contribution is 2.29. The van der Waals surface area contributed by atoms with Crippen molar-refractivity contribution in [1.29, 1.82) is 0 Å². The molecule has 21 heavy (non-hydrogen) atoms. The molecule has 1 atom stereocenters. The number of thiazole rings is 1. The van der Waals surface area contributed by atoms with Gasteiger partial charge < -0.3 is 5.32 Å². The van der Waals surface area contributed by atoms with E-state index in [9.17, 15) is 4.39 Å². The van der Waals surface area contributed by atoms with Crippen molar-refractivity contribution >= 4 is 27.2 Å². The molecule has 0 aliphatic carbocycles. The van der Waals surface area contributed by atoms with Crippen molar-refractivity contribution in [3.05, 3.63) is 58.9 Å². The Labute approximate surface area is 127 Å². The molecule has 0 amide bonds. The normalized spacial score (nSPS) is 12.5. The summed E-state index contributed by atoms with van der Waals surface area (Å²) in [6.07, 6.45) is 0.820. The van der Waals surface area contributed by atoms with Crippen LogP contribution >= 0.6 is 11.3 Å². The molecule has 2 nitrogen and oxygen atoms in total. The van der Waals surface area contributed by atoms with E-state index in [2.05, 4.69) is 23.3 Å². The van der Waals surface area contributed by atoms with E-state index in [1.54, 1.807) is 17.4 Å². The van der Waals surface area contributed by atoms with Crippen LogP contribution in [0.1, 0.15) is 30.0 Å². The summed E-state index contributed by atoms with van der Waals surface area (Å²) in [5.41, 5.74) is 2.73. The second kappa shape index (κ2) is 5.82. The first-order chi connectivity index (χ1) is 10.2. The molecule has 0 bridgehead atoms. The fourth-order valence-corrected chi connectivity index (χ4v) is 3.35. The molecule has 0 aliphatic heterocycles. The first-order valence-electron chi connectivity index (χ1n) is 7.05. The Hall–Kier alpha value is -1.94. The number of aromatic nitrogens is 1. The van der Waals surface area contributed by atoms with Crippen molar-refractivity contribution < 1.29 is 4.39 Å². The highest BCUT2D eigenvalue weighted by atomic mass is 32.1. The van der Waals surface area contributed by atoms with E-state index in [4.69, 9.17) is 0 Å². The maximum Gasteiger partial charge on any atom is 0.128 e. The molecule has 1 heterocycles. The van der Waals surface area contributed by atoms with Crippen LogP contribution in [-0.2, 0) is 0 Å². The van der Waals surface area contributed by atoms with Gasteiger partial charge in [-0.3, -0.25) is 0 Å². The van der Waals surface area contributed by atoms with Crippen LogP contribution < -0.4 is 5.32 Å². The highest BCUT2D eigenvalue weighted by Gasteiger charge is 2.13. The van der Waals surface area contributed by atoms with E-state index < -0.39 is 0 Å². The van der Waals surface area contributed by atoms with Crippen LogP contribution in [0.4, 0.5) is 10.1 Å². The lowest BCUT2D eigenvalue weighted by atomic mass is 10.0. The summed E-state index contributed by atoms with van der Waals surface area (Å²) >= 11 is 1.67. The fraction of sp³-hybridized carbons (Fsp3) is 0.235. The molecule has 0 spiro atoms. The second-order valence-corrected chi connectivity index (χ2v) is 6.28. The fourth-order valence-electron chi connectivity index (χ4n) is 2.49. The molecule has 4 heteroatoms. The lowest BCUT2D eigenvalue weighted by Crippen LogP contribution is -2.11. The summed E-state index contributed by atoms with van der Waals surface area (Å²) in [6, 6.07) is 13.0. The number of hydrogen-bond acceptors (Lipinski definition) is 3. The molecule has 0 radical (unpaired) electrons. The van der Waals surface area contributed by atoms with Crippen LogP contribution in [-0.4, -0.2) is 4.98 Å². The molecule has 108 valence electrons. The number of benzene rings is 2. The topological polar surface area (TPSA) is 24.9 Å². The van der Waals surface area contributed by atoms with E-state index >= 15 is 0 Å². The monoisotopic (exact) mass is 300 g/mol. The van der Waals surface area contributed by atoms with Crippen LogP contribution in [0.15, 0.2) is 42.5 Å². The standard InChI is InChI=1S/C17H17FN2S/c1-3-15(13-6-4-5-7-14(13)18)20-12-8-9-16-17(10-12)21-11(2)19-16/h4-10,15,20H,3H2,1-2H3. The van der Waals surface area contributed by atoms with E-state index in [-0.39, 0.29) is 11.9 Å². The minimum absolute atomic E-state index is 0.0299. The minimum Gasteiger partial charge on any atom is -0.378 e. The summed E-state index contributed by atoms with van der Waals surface area (Å²) in [5.74, 6) is -0.161. The van der Waals surface area contributed by atoms with E-state index in [1.807, 2.05) is 31.2 Å². The zero-order chi connectivity index (χ0) is 14.8. The van der Waals surface area contributed by atoms with Crippen molar-refractivity contribution in [1.82, 2.24) is 4.98 Å². The van der Waals surface area contributed by atoms with Gasteiger partial charge in [-0.2, -0.15) is 0 Å². The largest absolute Gasteiger partial charge is 0.378 e. The molecule has 1 N–H and O–H groups in total. The molecule has 3 rings (SSSR count). The molecule has 0 saturated carbocycles. The molecular weight excluding hydrogens is 283 g/mol. The number of anilines is 1. The number of halogens is 1. The lowest BCUT2D eigenvalue weighted by Gasteiger charge is -2.19. The van der Waals surface area contributed by atoms with Crippen LogP contribution in [0.2, 0.25) is 0 Å². The third kappa shape index (κ3) is 2.90. The number of hydrogen-bond donors (Lipinski definition) is 1. The van der Waals surface area contributed by atoms with Crippen LogP contribution in [0.5, 0.6) is 0 Å². The number of nitrogens with zero attached hydrogens (tertiary/aromatic N) is 1. The molecule has 0 saturated heterocycles. The van der Waals surface area contributed by atoms with Gasteiger partial charge >= 0.3 is 0 Å². The van der Waals surface area contributed by atoms with E-state index in [0.29, 0.717) is 5.56 Å². The number of aryl methyl sites for hydroxylation is 1. The maximum absolute atomic E-state index is 13.9. The lowest BCUT2D eigenvalue weighted by molar-refractivity contribution is 0.587. The van der Waals surface area contributed by atoms with Crippen molar-refractivity contribution in [3.63, 3.8) is 0 Å². The van der Waals surface area contributed by atoms with Crippen molar-refractivity contribution in [2.24, 2.45) is 0 Å². The first kappa shape index (κ1) is 14.0. The van der Waals surface area contributed by atoms with Crippen LogP contribution in [0, 0.1) is 12.7 Å². The van der Waals surface area contributed by atoms with Gasteiger partial charge in [0.2, 0.25) is 0 Å². The highest BCUT2D eigenvalue weighted by molar-refractivity contribution is 7.18. The van der Waals surface area contributed by atoms with Gasteiger partial charge in [0, 0.05) is 11.3 Å². The molecule has 0 aliphatic rings. The third-order valence-electron chi connectivity index (χ3n) is 3.53. The van der Waals surface area contributed by atoms with Gasteiger partial charge in [-0.1, -0.05) is 25.1 Å². The Balaban J connectivity index is 1.90. The Bertz CT molecular complexity index is 766. The summed E-state index contributed by atoms with van der Waals surface area (Å²) < 4.78 is 15.1. The summed E-state index contributed by atoms with van der Waals surface area (Å²) in [6.45, 7) is 4.06. The summed E-state index contributed by atoms with van der Waals surface area (Å²) in [7, 11) is 0. The van der Waals surface area contributed by atoms with E-state index in [0.717, 1.165) is 27.3 Å². The van der Waals surface area contributed by atoms with Crippen LogP contribution in [0.3, 0.4) is 0 Å². The molecule has 1 aromatic heterocycles. The average Bonchev–Trinajstić information content (AvgIpc) is 2.85. The average molecular weight is 300 g/mol. The molecule has 2 aromatic carbocycles. The predicted molar refractivity (Wildman–Crippen MR) is 87.4 cm³/mol. The second-order valence-electron chi connectivity index (χ2n) is 5.04. The van der Waals surface area contributed by atoms with Crippen molar-refractivity contribution in [2.75, 3.05) is 5.32 Å². The third-order valence-corrected chi connectivity index (χ3v) is 4.46. The van der Waals surface area contributed by atoms with Gasteiger partial charge in [0.25, 0.3) is 0 Å². The smallest absolute Gasteiger partial charge is 0.128 e. The SMILES string of the molecule is CCC(Nc1ccc2nc(C)sc2c1)c1ccccc1F. The van der Waals surface area contributed by atoms with E-state index in [1.165, 1.54) is 6.07 Å². The van der Waals surface area contributed by atoms with Gasteiger partial charge in [0.15, 0.2) is 0 Å². The zero-order valence-electron chi connectivity index (χ0n) is 12.1. The molecule has 1 unspecified atom stereocenters. The first-order valence-corrected chi connectivity index (χ1v) is 7.87. The quantitative estimate of drug-likeness (QED) is 0.706. The number of rotatable bonds is 4. The molecule has 3 aromatic rings. The maximum atomic E-state index is 13.9. The number of fused-ring (bicyclic) bond motifs is 1. The Morgan fingerprint density at radius 2 is 2.05 bits per heavy atom. The molecule has 0 fully saturated rings. The Morgan fingerprint density at radius 3 is 2.81 bits per heavy atom. The van der Waals surface area contributed by atoms with Gasteiger partial charge in [0.05, 0.1) is 21.3 Å². The Kier molecular flexibility index (Phi) is 3.88.